The van der Waals surface area contributed by atoms with E-state index in [0.29, 0.717) is 0 Å². The lowest BCUT2D eigenvalue weighted by Gasteiger charge is -2.21. The number of aryl methyl sites for hydroxylation is 1. The van der Waals surface area contributed by atoms with Gasteiger partial charge in [0, 0.05) is 22.2 Å². The van der Waals surface area contributed by atoms with Gasteiger partial charge in [0.25, 0.3) is 0 Å². The van der Waals surface area contributed by atoms with Crippen LogP contribution in [0.4, 0.5) is 0 Å². The molecule has 0 radical (unpaired) electrons. The van der Waals surface area contributed by atoms with Crippen LogP contribution in [-0.2, 0) is 6.54 Å². The quantitative estimate of drug-likeness (QED) is 0.831. The fourth-order valence-corrected chi connectivity index (χ4v) is 3.08. The largest absolute Gasteiger partial charge is 0.305 e. The van der Waals surface area contributed by atoms with E-state index in [1.807, 2.05) is 23.0 Å². The van der Waals surface area contributed by atoms with Crippen molar-refractivity contribution in [1.82, 2.24) is 15.1 Å². The molecule has 3 nitrogen and oxygen atoms in total. The van der Waals surface area contributed by atoms with Gasteiger partial charge >= 0.3 is 0 Å². The minimum atomic E-state index is 0.0645. The van der Waals surface area contributed by atoms with Crippen molar-refractivity contribution in [2.45, 2.75) is 32.9 Å². The lowest BCUT2D eigenvalue weighted by Crippen LogP contribution is -2.25. The van der Waals surface area contributed by atoms with Crippen LogP contribution in [0.1, 0.15) is 37.6 Å². The summed E-state index contributed by atoms with van der Waals surface area (Å²) in [6.07, 6.45) is 2.91. The van der Waals surface area contributed by atoms with Crippen LogP contribution in [0, 0.1) is 0 Å². The Balaban J connectivity index is 2.42. The predicted octanol–water partition coefficient (Wildman–Crippen LogP) is 4.41. The lowest BCUT2D eigenvalue weighted by atomic mass is 10.0. The van der Waals surface area contributed by atoms with Gasteiger partial charge in [0.15, 0.2) is 0 Å². The zero-order valence-electron chi connectivity index (χ0n) is 11.7. The third-order valence-electron chi connectivity index (χ3n) is 3.16. The number of hydrogen-bond acceptors (Lipinski definition) is 2. The van der Waals surface area contributed by atoms with E-state index >= 15 is 0 Å². The number of hydrogen-bond donors (Lipinski definition) is 1. The van der Waals surface area contributed by atoms with Crippen molar-refractivity contribution in [1.29, 1.82) is 0 Å². The van der Waals surface area contributed by atoms with Gasteiger partial charge in [0.2, 0.25) is 0 Å². The lowest BCUT2D eigenvalue weighted by molar-refractivity contribution is 0.520. The van der Waals surface area contributed by atoms with Crippen molar-refractivity contribution < 1.29 is 0 Å². The van der Waals surface area contributed by atoms with E-state index in [4.69, 9.17) is 11.6 Å². The fourth-order valence-electron chi connectivity index (χ4n) is 2.30. The van der Waals surface area contributed by atoms with E-state index < -0.39 is 0 Å². The number of nitrogens with one attached hydrogen (secondary N) is 1. The van der Waals surface area contributed by atoms with Crippen LogP contribution in [0.5, 0.6) is 0 Å². The Labute approximate surface area is 133 Å². The van der Waals surface area contributed by atoms with Crippen LogP contribution in [0.15, 0.2) is 34.9 Å². The van der Waals surface area contributed by atoms with Crippen molar-refractivity contribution >= 4 is 27.5 Å². The van der Waals surface area contributed by atoms with Gasteiger partial charge in [0.1, 0.15) is 0 Å². The summed E-state index contributed by atoms with van der Waals surface area (Å²) in [6, 6.07) is 8.13. The van der Waals surface area contributed by atoms with E-state index in [1.165, 1.54) is 0 Å². The average Bonchev–Trinajstić information content (AvgIpc) is 2.85. The van der Waals surface area contributed by atoms with E-state index in [1.54, 1.807) is 0 Å². The van der Waals surface area contributed by atoms with E-state index in [0.717, 1.165) is 40.3 Å². The Morgan fingerprint density at radius 1 is 1.35 bits per heavy atom. The second kappa shape index (κ2) is 7.25. The molecule has 2 aromatic rings. The first-order valence-corrected chi connectivity index (χ1v) is 8.04. The molecular formula is C15H19BrClN3. The highest BCUT2D eigenvalue weighted by molar-refractivity contribution is 9.10. The standard InChI is InChI=1S/C15H19BrClN3/c1-3-9-20-14(7-8-19-20)15(18-4-2)12-6-5-11(16)10-13(12)17/h5-8,10,15,18H,3-4,9H2,1-2H3. The maximum atomic E-state index is 6.41. The van der Waals surface area contributed by atoms with E-state index in [9.17, 15) is 0 Å². The highest BCUT2D eigenvalue weighted by atomic mass is 79.9. The van der Waals surface area contributed by atoms with Crippen LogP contribution >= 0.6 is 27.5 Å². The third-order valence-corrected chi connectivity index (χ3v) is 3.98. The minimum Gasteiger partial charge on any atom is -0.305 e. The summed E-state index contributed by atoms with van der Waals surface area (Å²) >= 11 is 9.86. The number of rotatable bonds is 6. The summed E-state index contributed by atoms with van der Waals surface area (Å²) in [5, 5.41) is 8.66. The minimum absolute atomic E-state index is 0.0645. The fraction of sp³-hybridized carbons (Fsp3) is 0.400. The Morgan fingerprint density at radius 2 is 2.15 bits per heavy atom. The maximum absolute atomic E-state index is 6.41. The van der Waals surface area contributed by atoms with Gasteiger partial charge < -0.3 is 5.32 Å². The Hall–Kier alpha value is -0.840. The smallest absolute Gasteiger partial charge is 0.0762 e. The molecular weight excluding hydrogens is 338 g/mol. The van der Waals surface area contributed by atoms with Crippen molar-refractivity contribution in [3.63, 3.8) is 0 Å². The van der Waals surface area contributed by atoms with Crippen molar-refractivity contribution in [3.8, 4) is 0 Å². The first-order valence-electron chi connectivity index (χ1n) is 6.87. The maximum Gasteiger partial charge on any atom is 0.0762 e. The zero-order valence-corrected chi connectivity index (χ0v) is 14.1. The molecule has 1 N–H and O–H groups in total. The molecule has 2 rings (SSSR count). The average molecular weight is 357 g/mol. The highest BCUT2D eigenvalue weighted by Gasteiger charge is 2.19. The summed E-state index contributed by atoms with van der Waals surface area (Å²) in [4.78, 5) is 0. The molecule has 1 heterocycles. The Kier molecular flexibility index (Phi) is 5.64. The third kappa shape index (κ3) is 3.43. The molecule has 0 aliphatic heterocycles. The van der Waals surface area contributed by atoms with Gasteiger partial charge in [0.05, 0.1) is 11.7 Å². The molecule has 0 amide bonds. The van der Waals surface area contributed by atoms with Gasteiger partial charge in [-0.25, -0.2) is 0 Å². The molecule has 20 heavy (non-hydrogen) atoms. The molecule has 5 heteroatoms. The van der Waals surface area contributed by atoms with Gasteiger partial charge in [-0.1, -0.05) is 47.4 Å². The summed E-state index contributed by atoms with van der Waals surface area (Å²) in [7, 11) is 0. The SMILES string of the molecule is CCCn1nccc1C(NCC)c1ccc(Br)cc1Cl. The number of halogens is 2. The predicted molar refractivity (Wildman–Crippen MR) is 87.2 cm³/mol. The molecule has 0 fully saturated rings. The number of benzene rings is 1. The van der Waals surface area contributed by atoms with Crippen molar-refractivity contribution in [3.05, 3.63) is 51.2 Å². The first-order chi connectivity index (χ1) is 9.67. The Bertz CT molecular complexity index is 568. The molecule has 0 spiro atoms. The topological polar surface area (TPSA) is 29.9 Å². The number of nitrogens with zero attached hydrogens (tertiary/aromatic N) is 2. The van der Waals surface area contributed by atoms with Gasteiger partial charge in [-0.2, -0.15) is 5.10 Å². The van der Waals surface area contributed by atoms with Crippen molar-refractivity contribution in [2.75, 3.05) is 6.54 Å². The molecule has 1 unspecified atom stereocenters. The van der Waals surface area contributed by atoms with Crippen LogP contribution in [0.2, 0.25) is 5.02 Å². The normalized spacial score (nSPS) is 12.6. The second-order valence-electron chi connectivity index (χ2n) is 4.64. The second-order valence-corrected chi connectivity index (χ2v) is 5.96. The van der Waals surface area contributed by atoms with Crippen LogP contribution in [-0.4, -0.2) is 16.3 Å². The first kappa shape index (κ1) is 15.5. The molecule has 0 aliphatic carbocycles. The Morgan fingerprint density at radius 3 is 2.80 bits per heavy atom. The molecule has 1 aromatic heterocycles. The molecule has 0 aliphatic rings. The van der Waals surface area contributed by atoms with Gasteiger partial charge in [-0.15, -0.1) is 0 Å². The van der Waals surface area contributed by atoms with Gasteiger partial charge in [-0.3, -0.25) is 4.68 Å². The summed E-state index contributed by atoms with van der Waals surface area (Å²) in [6.45, 7) is 6.04. The molecule has 0 saturated carbocycles. The highest BCUT2D eigenvalue weighted by Crippen LogP contribution is 2.30. The summed E-state index contributed by atoms with van der Waals surface area (Å²) in [5.41, 5.74) is 2.23. The molecule has 108 valence electrons. The summed E-state index contributed by atoms with van der Waals surface area (Å²) < 4.78 is 3.04. The van der Waals surface area contributed by atoms with Gasteiger partial charge in [-0.05, 0) is 36.7 Å². The monoisotopic (exact) mass is 355 g/mol. The van der Waals surface area contributed by atoms with E-state index in [2.05, 4.69) is 52.3 Å². The van der Waals surface area contributed by atoms with Crippen molar-refractivity contribution in [2.24, 2.45) is 0 Å². The van der Waals surface area contributed by atoms with Crippen LogP contribution in [0.25, 0.3) is 0 Å². The van der Waals surface area contributed by atoms with E-state index in [-0.39, 0.29) is 6.04 Å². The zero-order chi connectivity index (χ0) is 14.5. The molecule has 1 atom stereocenters. The molecule has 0 saturated heterocycles. The molecule has 0 bridgehead atoms. The summed E-state index contributed by atoms with van der Waals surface area (Å²) in [5.74, 6) is 0. The van der Waals surface area contributed by atoms with Crippen LogP contribution < -0.4 is 5.32 Å². The number of aromatic nitrogens is 2. The van der Waals surface area contributed by atoms with Crippen LogP contribution in [0.3, 0.4) is 0 Å². The molecule has 1 aromatic carbocycles.